The van der Waals surface area contributed by atoms with Crippen molar-refractivity contribution in [2.24, 2.45) is 0 Å². The second-order valence-corrected chi connectivity index (χ2v) is 3.60. The molecule has 14 heavy (non-hydrogen) atoms. The number of nitrogens with zero attached hydrogens (tertiary/aromatic N) is 1. The van der Waals surface area contributed by atoms with E-state index in [2.05, 4.69) is 17.5 Å². The first-order chi connectivity index (χ1) is 6.83. The predicted molar refractivity (Wildman–Crippen MR) is 56.7 cm³/mol. The fraction of sp³-hybridized carbons (Fsp3) is 0.889. The number of carbonyl (C=O) groups excluding carboxylic acids is 1. The Hall–Kier alpha value is -0.260. The smallest absolute Gasteiger partial charge is 0.307 e. The molecule has 0 spiro atoms. The topological polar surface area (TPSA) is 38.8 Å². The third kappa shape index (κ3) is 4.83. The van der Waals surface area contributed by atoms with Crippen molar-refractivity contribution in [3.63, 3.8) is 0 Å². The van der Waals surface area contributed by atoms with Gasteiger partial charge in [-0.05, 0) is 0 Å². The van der Waals surface area contributed by atoms with E-state index in [1.807, 2.05) is 0 Å². The number of ether oxygens (including phenoxy) is 2. The van der Waals surface area contributed by atoms with Gasteiger partial charge in [-0.15, -0.1) is 0 Å². The van der Waals surface area contributed by atoms with Crippen LogP contribution in [0.15, 0.2) is 0 Å². The second kappa shape index (κ2) is 7.09. The summed E-state index contributed by atoms with van der Waals surface area (Å²) in [4.78, 5) is 13.3. The Labute approximate surface area is 90.0 Å². The van der Waals surface area contributed by atoms with Crippen LogP contribution < -0.4 is 0 Å². The Morgan fingerprint density at radius 1 is 1.43 bits per heavy atom. The summed E-state index contributed by atoms with van der Waals surface area (Å²) in [5.74, 6) is 0.453. The van der Waals surface area contributed by atoms with E-state index < -0.39 is 0 Å². The van der Waals surface area contributed by atoms with E-state index in [4.69, 9.17) is 9.47 Å². The summed E-state index contributed by atoms with van der Waals surface area (Å²) < 4.78 is 10.1. The largest absolute Gasteiger partial charge is 0.465 e. The van der Waals surface area contributed by atoms with Crippen LogP contribution in [0.2, 0.25) is 0 Å². The highest BCUT2D eigenvalue weighted by molar-refractivity contribution is 7.80. The lowest BCUT2D eigenvalue weighted by Crippen LogP contribution is -2.37. The maximum atomic E-state index is 11.1. The van der Waals surface area contributed by atoms with Gasteiger partial charge in [0.15, 0.2) is 0 Å². The molecule has 0 saturated carbocycles. The van der Waals surface area contributed by atoms with Gasteiger partial charge >= 0.3 is 5.97 Å². The highest BCUT2D eigenvalue weighted by atomic mass is 32.1. The van der Waals surface area contributed by atoms with Gasteiger partial charge in [0, 0.05) is 25.4 Å². The molecule has 0 bridgehead atoms. The van der Waals surface area contributed by atoms with Crippen molar-refractivity contribution in [2.75, 3.05) is 45.2 Å². The van der Waals surface area contributed by atoms with Crippen LogP contribution in [-0.4, -0.2) is 56.1 Å². The van der Waals surface area contributed by atoms with Gasteiger partial charge in [-0.3, -0.25) is 9.69 Å². The van der Waals surface area contributed by atoms with Gasteiger partial charge in [0.25, 0.3) is 0 Å². The molecule has 0 amide bonds. The molecule has 4 nitrogen and oxygen atoms in total. The molecule has 0 radical (unpaired) electrons. The predicted octanol–water partition coefficient (Wildman–Crippen LogP) is 0.182. The minimum absolute atomic E-state index is 0.134. The first-order valence-corrected chi connectivity index (χ1v) is 5.53. The molecule has 0 N–H and O–H groups in total. The Balaban J connectivity index is 2.03. The zero-order chi connectivity index (χ0) is 10.2. The third-order valence-electron chi connectivity index (χ3n) is 2.09. The van der Waals surface area contributed by atoms with E-state index in [9.17, 15) is 4.79 Å². The molecule has 0 aromatic heterocycles. The highest BCUT2D eigenvalue weighted by Gasteiger charge is 2.12. The molecule has 0 atom stereocenters. The monoisotopic (exact) mass is 219 g/mol. The average molecular weight is 219 g/mol. The van der Waals surface area contributed by atoms with Crippen LogP contribution in [0, 0.1) is 0 Å². The minimum atomic E-state index is -0.134. The zero-order valence-corrected chi connectivity index (χ0v) is 9.17. The molecule has 1 saturated heterocycles. The van der Waals surface area contributed by atoms with Crippen molar-refractivity contribution >= 4 is 18.6 Å². The van der Waals surface area contributed by atoms with Crippen molar-refractivity contribution in [3.8, 4) is 0 Å². The van der Waals surface area contributed by atoms with Crippen LogP contribution in [0.25, 0.3) is 0 Å². The maximum Gasteiger partial charge on any atom is 0.307 e. The number of thiol groups is 1. The first-order valence-electron chi connectivity index (χ1n) is 4.89. The number of esters is 1. The van der Waals surface area contributed by atoms with E-state index in [1.165, 1.54) is 0 Å². The van der Waals surface area contributed by atoms with Gasteiger partial charge in [0.05, 0.1) is 19.6 Å². The molecular weight excluding hydrogens is 202 g/mol. The lowest BCUT2D eigenvalue weighted by molar-refractivity contribution is -0.143. The standard InChI is InChI=1S/C9H17NO3S/c11-9(13-7-8-14)1-2-10-3-5-12-6-4-10/h14H,1-8H2. The Morgan fingerprint density at radius 2 is 2.14 bits per heavy atom. The number of morpholine rings is 1. The molecule has 0 unspecified atom stereocenters. The molecule has 1 aliphatic rings. The molecule has 0 aromatic rings. The summed E-state index contributed by atoms with van der Waals surface area (Å²) in [6, 6.07) is 0. The van der Waals surface area contributed by atoms with Crippen LogP contribution in [0.1, 0.15) is 6.42 Å². The van der Waals surface area contributed by atoms with Gasteiger partial charge in [0.2, 0.25) is 0 Å². The van der Waals surface area contributed by atoms with Gasteiger partial charge in [-0.1, -0.05) is 0 Å². The van der Waals surface area contributed by atoms with E-state index in [-0.39, 0.29) is 5.97 Å². The Bertz CT molecular complexity index is 171. The Kier molecular flexibility index (Phi) is 5.98. The number of hydrogen-bond donors (Lipinski definition) is 1. The molecule has 82 valence electrons. The average Bonchev–Trinajstić information content (AvgIpc) is 2.25. The van der Waals surface area contributed by atoms with Gasteiger partial charge in [-0.2, -0.15) is 12.6 Å². The fourth-order valence-electron chi connectivity index (χ4n) is 1.31. The summed E-state index contributed by atoms with van der Waals surface area (Å²) in [6.45, 7) is 4.55. The molecule has 1 heterocycles. The van der Waals surface area contributed by atoms with Crippen molar-refractivity contribution in [2.45, 2.75) is 6.42 Å². The lowest BCUT2D eigenvalue weighted by Gasteiger charge is -2.25. The molecule has 0 aliphatic carbocycles. The van der Waals surface area contributed by atoms with Crippen molar-refractivity contribution in [1.29, 1.82) is 0 Å². The number of hydrogen-bond acceptors (Lipinski definition) is 5. The number of rotatable bonds is 5. The number of carbonyl (C=O) groups is 1. The van der Waals surface area contributed by atoms with Crippen LogP contribution in [0.5, 0.6) is 0 Å². The summed E-state index contributed by atoms with van der Waals surface area (Å²) in [5, 5.41) is 0. The van der Waals surface area contributed by atoms with Gasteiger partial charge < -0.3 is 9.47 Å². The van der Waals surface area contributed by atoms with E-state index in [0.717, 1.165) is 32.8 Å². The van der Waals surface area contributed by atoms with E-state index >= 15 is 0 Å². The Morgan fingerprint density at radius 3 is 2.79 bits per heavy atom. The first kappa shape index (κ1) is 11.8. The second-order valence-electron chi connectivity index (χ2n) is 3.15. The fourth-order valence-corrected chi connectivity index (χ4v) is 1.40. The van der Waals surface area contributed by atoms with Gasteiger partial charge in [-0.25, -0.2) is 0 Å². The molecular formula is C9H17NO3S. The van der Waals surface area contributed by atoms with Crippen molar-refractivity contribution in [3.05, 3.63) is 0 Å². The van der Waals surface area contributed by atoms with Crippen LogP contribution >= 0.6 is 12.6 Å². The quantitative estimate of drug-likeness (QED) is 0.529. The molecule has 5 heteroatoms. The van der Waals surface area contributed by atoms with Crippen molar-refractivity contribution < 1.29 is 14.3 Å². The normalized spacial score (nSPS) is 18.1. The molecule has 0 aromatic carbocycles. The summed E-state index contributed by atoms with van der Waals surface area (Å²) in [5.41, 5.74) is 0. The SMILES string of the molecule is O=C(CCN1CCOCC1)OCCS. The van der Waals surface area contributed by atoms with E-state index in [0.29, 0.717) is 18.8 Å². The lowest BCUT2D eigenvalue weighted by atomic mass is 10.3. The molecule has 1 aliphatic heterocycles. The van der Waals surface area contributed by atoms with Crippen LogP contribution in [-0.2, 0) is 14.3 Å². The van der Waals surface area contributed by atoms with Crippen LogP contribution in [0.4, 0.5) is 0 Å². The molecule has 1 fully saturated rings. The van der Waals surface area contributed by atoms with Gasteiger partial charge in [0.1, 0.15) is 6.61 Å². The summed E-state index contributed by atoms with van der Waals surface area (Å²) in [7, 11) is 0. The molecule has 1 rings (SSSR count). The summed E-state index contributed by atoms with van der Waals surface area (Å²) in [6.07, 6.45) is 0.466. The van der Waals surface area contributed by atoms with E-state index in [1.54, 1.807) is 0 Å². The van der Waals surface area contributed by atoms with Crippen LogP contribution in [0.3, 0.4) is 0 Å². The van der Waals surface area contributed by atoms with Crippen molar-refractivity contribution in [1.82, 2.24) is 4.90 Å². The highest BCUT2D eigenvalue weighted by Crippen LogP contribution is 1.98. The third-order valence-corrected chi connectivity index (χ3v) is 2.27. The minimum Gasteiger partial charge on any atom is -0.465 e. The zero-order valence-electron chi connectivity index (χ0n) is 8.28. The maximum absolute atomic E-state index is 11.1. The summed E-state index contributed by atoms with van der Waals surface area (Å²) >= 11 is 3.96.